The molecule has 8 heteroatoms. The standard InChI is InChI=1S/C21H19ClN2O4S/c1-14-13-15(21(25)23-19-5-3-4-6-20(19)28-2)7-12-18(14)24-29(26,27)17-10-8-16(22)9-11-17/h3-13,24H,1-2H3,(H,23,25). The third kappa shape index (κ3) is 4.88. The third-order valence-electron chi connectivity index (χ3n) is 4.21. The van der Waals surface area contributed by atoms with Crippen molar-refractivity contribution in [3.8, 4) is 5.75 Å². The summed E-state index contributed by atoms with van der Waals surface area (Å²) < 4.78 is 32.9. The van der Waals surface area contributed by atoms with Crippen LogP contribution in [0.1, 0.15) is 15.9 Å². The molecule has 0 aromatic heterocycles. The van der Waals surface area contributed by atoms with Crippen molar-refractivity contribution in [3.05, 3.63) is 82.9 Å². The summed E-state index contributed by atoms with van der Waals surface area (Å²) in [5, 5.41) is 3.24. The number of aryl methyl sites for hydroxylation is 1. The second-order valence-electron chi connectivity index (χ2n) is 6.24. The van der Waals surface area contributed by atoms with Crippen molar-refractivity contribution in [2.45, 2.75) is 11.8 Å². The van der Waals surface area contributed by atoms with Crippen molar-refractivity contribution >= 4 is 38.9 Å². The molecule has 0 bridgehead atoms. The van der Waals surface area contributed by atoms with Gasteiger partial charge < -0.3 is 10.1 Å². The zero-order chi connectivity index (χ0) is 21.0. The number of carbonyl (C=O) groups excluding carboxylic acids is 1. The smallest absolute Gasteiger partial charge is 0.261 e. The van der Waals surface area contributed by atoms with Crippen molar-refractivity contribution in [1.82, 2.24) is 0 Å². The first-order chi connectivity index (χ1) is 13.8. The minimum atomic E-state index is -3.77. The molecule has 0 fully saturated rings. The number of hydrogen-bond acceptors (Lipinski definition) is 4. The van der Waals surface area contributed by atoms with Crippen LogP contribution in [0.15, 0.2) is 71.6 Å². The van der Waals surface area contributed by atoms with Crippen molar-refractivity contribution in [3.63, 3.8) is 0 Å². The highest BCUT2D eigenvalue weighted by molar-refractivity contribution is 7.92. The Morgan fingerprint density at radius 3 is 2.31 bits per heavy atom. The summed E-state index contributed by atoms with van der Waals surface area (Å²) in [6.45, 7) is 1.72. The minimum absolute atomic E-state index is 0.0966. The van der Waals surface area contributed by atoms with Gasteiger partial charge in [0.15, 0.2) is 0 Å². The van der Waals surface area contributed by atoms with Crippen molar-refractivity contribution in [1.29, 1.82) is 0 Å². The van der Waals surface area contributed by atoms with E-state index in [1.165, 1.54) is 31.4 Å². The molecule has 3 aromatic carbocycles. The van der Waals surface area contributed by atoms with Crippen LogP contribution in [0.3, 0.4) is 0 Å². The van der Waals surface area contributed by atoms with E-state index < -0.39 is 10.0 Å². The van der Waals surface area contributed by atoms with Gasteiger partial charge in [-0.2, -0.15) is 0 Å². The Balaban J connectivity index is 1.79. The average molecular weight is 431 g/mol. The number of hydrogen-bond donors (Lipinski definition) is 2. The monoisotopic (exact) mass is 430 g/mol. The number of ether oxygens (including phenoxy) is 1. The number of rotatable bonds is 6. The molecule has 29 heavy (non-hydrogen) atoms. The molecular formula is C21H19ClN2O4S. The van der Waals surface area contributed by atoms with Crippen LogP contribution in [-0.4, -0.2) is 21.4 Å². The number of halogens is 1. The van der Waals surface area contributed by atoms with Crippen molar-refractivity contribution in [2.75, 3.05) is 17.1 Å². The van der Waals surface area contributed by atoms with Crippen LogP contribution >= 0.6 is 11.6 Å². The first kappa shape index (κ1) is 20.7. The lowest BCUT2D eigenvalue weighted by atomic mass is 10.1. The second-order valence-corrected chi connectivity index (χ2v) is 8.36. The van der Waals surface area contributed by atoms with E-state index in [1.54, 1.807) is 49.4 Å². The number of benzene rings is 3. The molecule has 0 saturated carbocycles. The van der Waals surface area contributed by atoms with E-state index >= 15 is 0 Å². The molecule has 6 nitrogen and oxygen atoms in total. The first-order valence-corrected chi connectivity index (χ1v) is 10.5. The fourth-order valence-electron chi connectivity index (χ4n) is 2.68. The number of methoxy groups -OCH3 is 1. The van der Waals surface area contributed by atoms with E-state index in [9.17, 15) is 13.2 Å². The summed E-state index contributed by atoms with van der Waals surface area (Å²) in [7, 11) is -2.24. The van der Waals surface area contributed by atoms with E-state index in [0.717, 1.165) is 0 Å². The number of nitrogens with one attached hydrogen (secondary N) is 2. The van der Waals surface area contributed by atoms with Gasteiger partial charge in [0.05, 0.1) is 23.4 Å². The highest BCUT2D eigenvalue weighted by atomic mass is 35.5. The summed E-state index contributed by atoms with van der Waals surface area (Å²) in [5.74, 6) is 0.217. The molecule has 0 heterocycles. The van der Waals surface area contributed by atoms with Gasteiger partial charge in [0.1, 0.15) is 5.75 Å². The largest absolute Gasteiger partial charge is 0.495 e. The van der Waals surface area contributed by atoms with E-state index in [4.69, 9.17) is 16.3 Å². The Labute approximate surface area is 174 Å². The molecule has 1 amide bonds. The van der Waals surface area contributed by atoms with Crippen LogP contribution in [0.25, 0.3) is 0 Å². The molecule has 0 aliphatic carbocycles. The Bertz CT molecular complexity index is 1150. The van der Waals surface area contributed by atoms with E-state index in [0.29, 0.717) is 33.3 Å². The zero-order valence-corrected chi connectivity index (χ0v) is 17.3. The molecule has 0 radical (unpaired) electrons. The van der Waals surface area contributed by atoms with Crippen LogP contribution in [0.5, 0.6) is 5.75 Å². The highest BCUT2D eigenvalue weighted by Gasteiger charge is 2.16. The normalized spacial score (nSPS) is 11.0. The Morgan fingerprint density at radius 1 is 0.966 bits per heavy atom. The molecule has 150 valence electrons. The molecule has 3 rings (SSSR count). The van der Waals surface area contributed by atoms with Crippen molar-refractivity contribution in [2.24, 2.45) is 0 Å². The quantitative estimate of drug-likeness (QED) is 0.593. The Kier molecular flexibility index (Phi) is 6.10. The van der Waals surface area contributed by atoms with Crippen LogP contribution in [0, 0.1) is 6.92 Å². The lowest BCUT2D eigenvalue weighted by Gasteiger charge is -2.13. The van der Waals surface area contributed by atoms with Gasteiger partial charge in [-0.1, -0.05) is 23.7 Å². The van der Waals surface area contributed by atoms with Gasteiger partial charge in [0, 0.05) is 10.6 Å². The van der Waals surface area contributed by atoms with Crippen LogP contribution in [0.2, 0.25) is 5.02 Å². The molecule has 0 aliphatic rings. The number of carbonyl (C=O) groups is 1. The van der Waals surface area contributed by atoms with Gasteiger partial charge in [-0.25, -0.2) is 8.42 Å². The third-order valence-corrected chi connectivity index (χ3v) is 5.85. The molecule has 0 spiro atoms. The number of sulfonamides is 1. The maximum absolute atomic E-state index is 12.6. The lowest BCUT2D eigenvalue weighted by Crippen LogP contribution is -2.15. The van der Waals surface area contributed by atoms with Crippen molar-refractivity contribution < 1.29 is 17.9 Å². The number of amides is 1. The first-order valence-electron chi connectivity index (χ1n) is 8.63. The van der Waals surface area contributed by atoms with Gasteiger partial charge in [-0.15, -0.1) is 0 Å². The van der Waals surface area contributed by atoms with Gasteiger partial charge in [0.25, 0.3) is 15.9 Å². The summed E-state index contributed by atoms with van der Waals surface area (Å²) in [4.78, 5) is 12.7. The lowest BCUT2D eigenvalue weighted by molar-refractivity contribution is 0.102. The van der Waals surface area contributed by atoms with E-state index in [2.05, 4.69) is 10.0 Å². The van der Waals surface area contributed by atoms with E-state index in [-0.39, 0.29) is 10.8 Å². The number of anilines is 2. The summed E-state index contributed by atoms with van der Waals surface area (Å²) in [6, 6.07) is 17.7. The molecule has 0 atom stereocenters. The fraction of sp³-hybridized carbons (Fsp3) is 0.0952. The van der Waals surface area contributed by atoms with Gasteiger partial charge in [0.2, 0.25) is 0 Å². The number of para-hydroxylation sites is 2. The highest BCUT2D eigenvalue weighted by Crippen LogP contribution is 2.25. The second kappa shape index (κ2) is 8.55. The predicted octanol–water partition coefficient (Wildman–Crippen LogP) is 4.71. The molecule has 2 N–H and O–H groups in total. The zero-order valence-electron chi connectivity index (χ0n) is 15.8. The van der Waals surface area contributed by atoms with E-state index in [1.807, 2.05) is 0 Å². The molecule has 0 unspecified atom stereocenters. The molecule has 0 aliphatic heterocycles. The average Bonchev–Trinajstić information content (AvgIpc) is 2.70. The van der Waals surface area contributed by atoms with Crippen LogP contribution in [-0.2, 0) is 10.0 Å². The molecular weight excluding hydrogens is 412 g/mol. The maximum Gasteiger partial charge on any atom is 0.261 e. The topological polar surface area (TPSA) is 84.5 Å². The Morgan fingerprint density at radius 2 is 1.66 bits per heavy atom. The Hall–Kier alpha value is -3.03. The summed E-state index contributed by atoms with van der Waals surface area (Å²) >= 11 is 5.81. The predicted molar refractivity (Wildman–Crippen MR) is 114 cm³/mol. The summed E-state index contributed by atoms with van der Waals surface area (Å²) in [5.41, 5.74) is 1.93. The van der Waals surface area contributed by atoms with Gasteiger partial charge in [-0.05, 0) is 67.1 Å². The molecule has 0 saturated heterocycles. The minimum Gasteiger partial charge on any atom is -0.495 e. The molecule has 3 aromatic rings. The fourth-order valence-corrected chi connectivity index (χ4v) is 3.94. The van der Waals surface area contributed by atoms with Crippen LogP contribution < -0.4 is 14.8 Å². The van der Waals surface area contributed by atoms with Gasteiger partial charge in [-0.3, -0.25) is 9.52 Å². The van der Waals surface area contributed by atoms with Gasteiger partial charge >= 0.3 is 0 Å². The van der Waals surface area contributed by atoms with Crippen LogP contribution in [0.4, 0.5) is 11.4 Å². The SMILES string of the molecule is COc1ccccc1NC(=O)c1ccc(NS(=O)(=O)c2ccc(Cl)cc2)c(C)c1. The maximum atomic E-state index is 12.6. The summed E-state index contributed by atoms with van der Waals surface area (Å²) in [6.07, 6.45) is 0.